The largest absolute Gasteiger partial charge is 0.481 e. The van der Waals surface area contributed by atoms with Crippen molar-refractivity contribution in [3.05, 3.63) is 55.1 Å². The Morgan fingerprint density at radius 2 is 1.77 bits per heavy atom. The van der Waals surface area contributed by atoms with Crippen molar-refractivity contribution in [1.29, 1.82) is 0 Å². The Bertz CT molecular complexity index is 684. The highest BCUT2D eigenvalue weighted by molar-refractivity contribution is 5.98. The van der Waals surface area contributed by atoms with Crippen LogP contribution in [0.2, 0.25) is 0 Å². The Labute approximate surface area is 152 Å². The van der Waals surface area contributed by atoms with E-state index in [1.807, 2.05) is 0 Å². The number of hydrogen-bond donors (Lipinski definition) is 3. The van der Waals surface area contributed by atoms with Gasteiger partial charge in [0.15, 0.2) is 0 Å². The van der Waals surface area contributed by atoms with Gasteiger partial charge in [-0.15, -0.1) is 13.2 Å². The van der Waals surface area contributed by atoms with Gasteiger partial charge in [0.2, 0.25) is 0 Å². The van der Waals surface area contributed by atoms with Crippen LogP contribution in [0, 0.1) is 0 Å². The second-order valence-electron chi connectivity index (χ2n) is 5.76. The maximum Gasteiger partial charge on any atom is 0.329 e. The molecular weight excluding hydrogens is 336 g/mol. The van der Waals surface area contributed by atoms with Crippen LogP contribution in [0.4, 0.5) is 5.69 Å². The number of anilines is 1. The molecule has 7 heteroatoms. The van der Waals surface area contributed by atoms with Gasteiger partial charge in [-0.2, -0.15) is 0 Å². The molecule has 0 saturated carbocycles. The van der Waals surface area contributed by atoms with E-state index >= 15 is 0 Å². The number of carboxylic acid groups (broad SMARTS) is 2. The van der Waals surface area contributed by atoms with Gasteiger partial charge >= 0.3 is 11.9 Å². The zero-order valence-electron chi connectivity index (χ0n) is 14.8. The molecule has 0 aliphatic rings. The first-order valence-corrected chi connectivity index (χ1v) is 8.09. The van der Waals surface area contributed by atoms with E-state index in [-0.39, 0.29) is 25.8 Å². The third-order valence-corrected chi connectivity index (χ3v) is 4.13. The van der Waals surface area contributed by atoms with Crippen LogP contribution in [0.1, 0.15) is 29.6 Å². The molecule has 1 aromatic carbocycles. The smallest absolute Gasteiger partial charge is 0.329 e. The lowest BCUT2D eigenvalue weighted by molar-refractivity contribution is -0.151. The highest BCUT2D eigenvalue weighted by Gasteiger charge is 2.45. The number of hydrogen-bond acceptors (Lipinski definition) is 4. The molecule has 140 valence electrons. The zero-order valence-corrected chi connectivity index (χ0v) is 14.8. The molecule has 1 aromatic rings. The average Bonchev–Trinajstić information content (AvgIpc) is 2.62. The number of nitrogens with one attached hydrogen (secondary N) is 1. The van der Waals surface area contributed by atoms with Gasteiger partial charge in [0, 0.05) is 31.3 Å². The van der Waals surface area contributed by atoms with Gasteiger partial charge in [0.05, 0.1) is 0 Å². The molecule has 7 nitrogen and oxygen atoms in total. The highest BCUT2D eigenvalue weighted by atomic mass is 16.4. The number of carbonyl (C=O) groups excluding carboxylic acids is 1. The molecule has 0 unspecified atom stereocenters. The molecule has 0 bridgehead atoms. The number of amides is 1. The Morgan fingerprint density at radius 1 is 1.15 bits per heavy atom. The SMILES string of the molecule is C=CCN(C(=O)c1ccc(NC)cc1)[C@@](CC=C)(CCC(=O)O)C(=O)O. The van der Waals surface area contributed by atoms with Crippen LogP contribution in [-0.2, 0) is 9.59 Å². The van der Waals surface area contributed by atoms with E-state index in [0.717, 1.165) is 10.6 Å². The monoisotopic (exact) mass is 360 g/mol. The molecule has 0 spiro atoms. The van der Waals surface area contributed by atoms with E-state index in [0.29, 0.717) is 5.56 Å². The standard InChI is InChI=1S/C19H24N2O5/c1-4-11-19(18(25)26,12-10-16(22)23)21(13-5-2)17(24)14-6-8-15(20-3)9-7-14/h4-9,20H,1-2,10-13H2,3H3,(H,22,23)(H,25,26)/t19-/m0/s1. The molecule has 0 aliphatic heterocycles. The normalized spacial score (nSPS) is 12.5. The van der Waals surface area contributed by atoms with Crippen molar-refractivity contribution in [2.75, 3.05) is 18.9 Å². The Kier molecular flexibility index (Phi) is 7.58. The fourth-order valence-corrected chi connectivity index (χ4v) is 2.73. The first-order chi connectivity index (χ1) is 12.3. The van der Waals surface area contributed by atoms with E-state index in [9.17, 15) is 19.5 Å². The van der Waals surface area contributed by atoms with E-state index in [2.05, 4.69) is 18.5 Å². The minimum Gasteiger partial charge on any atom is -0.481 e. The summed E-state index contributed by atoms with van der Waals surface area (Å²) in [5.74, 6) is -2.92. The lowest BCUT2D eigenvalue weighted by Crippen LogP contribution is -2.57. The molecule has 0 aliphatic carbocycles. The maximum absolute atomic E-state index is 13.0. The second-order valence-corrected chi connectivity index (χ2v) is 5.76. The number of rotatable bonds is 11. The van der Waals surface area contributed by atoms with E-state index < -0.39 is 23.4 Å². The molecule has 0 fully saturated rings. The van der Waals surface area contributed by atoms with Crippen LogP contribution in [0.15, 0.2) is 49.6 Å². The van der Waals surface area contributed by atoms with Crippen LogP contribution < -0.4 is 5.32 Å². The number of carbonyl (C=O) groups is 3. The molecule has 0 saturated heterocycles. The van der Waals surface area contributed by atoms with Crippen molar-refractivity contribution < 1.29 is 24.6 Å². The van der Waals surface area contributed by atoms with Gasteiger partial charge in [-0.1, -0.05) is 12.2 Å². The summed E-state index contributed by atoms with van der Waals surface area (Å²) in [4.78, 5) is 37.3. The van der Waals surface area contributed by atoms with Crippen molar-refractivity contribution >= 4 is 23.5 Å². The maximum atomic E-state index is 13.0. The summed E-state index contributed by atoms with van der Waals surface area (Å²) in [5, 5.41) is 21.8. The quantitative estimate of drug-likeness (QED) is 0.524. The van der Waals surface area contributed by atoms with Crippen LogP contribution in [0.3, 0.4) is 0 Å². The molecule has 0 heterocycles. The van der Waals surface area contributed by atoms with Crippen LogP contribution in [0.5, 0.6) is 0 Å². The van der Waals surface area contributed by atoms with Crippen molar-refractivity contribution in [2.45, 2.75) is 24.8 Å². The van der Waals surface area contributed by atoms with Gasteiger partial charge in [0.1, 0.15) is 5.54 Å². The summed E-state index contributed by atoms with van der Waals surface area (Å²) >= 11 is 0. The Morgan fingerprint density at radius 3 is 2.19 bits per heavy atom. The lowest BCUT2D eigenvalue weighted by atomic mass is 9.86. The Hall–Kier alpha value is -3.09. The summed E-state index contributed by atoms with van der Waals surface area (Å²) in [5.41, 5.74) is -0.609. The first kappa shape index (κ1) is 21.0. The van der Waals surface area contributed by atoms with Crippen molar-refractivity contribution in [1.82, 2.24) is 4.90 Å². The molecule has 1 atom stereocenters. The summed E-state index contributed by atoms with van der Waals surface area (Å²) in [6, 6.07) is 6.57. The first-order valence-electron chi connectivity index (χ1n) is 8.09. The predicted molar refractivity (Wildman–Crippen MR) is 99.3 cm³/mol. The van der Waals surface area contributed by atoms with Crippen molar-refractivity contribution in [3.8, 4) is 0 Å². The molecule has 1 amide bonds. The molecule has 0 radical (unpaired) electrons. The van der Waals surface area contributed by atoms with E-state index in [1.165, 1.54) is 12.2 Å². The van der Waals surface area contributed by atoms with Crippen LogP contribution in [0.25, 0.3) is 0 Å². The third kappa shape index (κ3) is 4.72. The summed E-state index contributed by atoms with van der Waals surface area (Å²) in [6.45, 7) is 7.13. The van der Waals surface area contributed by atoms with Gasteiger partial charge in [0.25, 0.3) is 5.91 Å². The van der Waals surface area contributed by atoms with E-state index in [1.54, 1.807) is 31.3 Å². The molecule has 3 N–H and O–H groups in total. The molecule has 1 rings (SSSR count). The van der Waals surface area contributed by atoms with Gasteiger partial charge < -0.3 is 20.4 Å². The molecule has 0 aromatic heterocycles. The third-order valence-electron chi connectivity index (χ3n) is 4.13. The second kappa shape index (κ2) is 9.41. The zero-order chi connectivity index (χ0) is 19.7. The Balaban J connectivity index is 3.37. The van der Waals surface area contributed by atoms with Crippen molar-refractivity contribution in [2.24, 2.45) is 0 Å². The van der Waals surface area contributed by atoms with Crippen LogP contribution >= 0.6 is 0 Å². The fourth-order valence-electron chi connectivity index (χ4n) is 2.73. The number of aliphatic carboxylic acids is 2. The van der Waals surface area contributed by atoms with Gasteiger partial charge in [-0.05, 0) is 37.1 Å². The van der Waals surface area contributed by atoms with E-state index in [4.69, 9.17) is 5.11 Å². The lowest BCUT2D eigenvalue weighted by Gasteiger charge is -2.39. The van der Waals surface area contributed by atoms with Gasteiger partial charge in [-0.3, -0.25) is 9.59 Å². The van der Waals surface area contributed by atoms with Crippen LogP contribution in [-0.4, -0.2) is 52.1 Å². The minimum absolute atomic E-state index is 0.0353. The summed E-state index contributed by atoms with van der Waals surface area (Å²) in [6.07, 6.45) is 2.09. The highest BCUT2D eigenvalue weighted by Crippen LogP contribution is 2.29. The van der Waals surface area contributed by atoms with Gasteiger partial charge in [-0.25, -0.2) is 4.79 Å². The molecular formula is C19H24N2O5. The fraction of sp³-hybridized carbons (Fsp3) is 0.316. The number of nitrogens with zero attached hydrogens (tertiary/aromatic N) is 1. The summed E-state index contributed by atoms with van der Waals surface area (Å²) < 4.78 is 0. The molecule has 26 heavy (non-hydrogen) atoms. The topological polar surface area (TPSA) is 107 Å². The number of carboxylic acids is 2. The minimum atomic E-state index is -1.72. The number of benzene rings is 1. The summed E-state index contributed by atoms with van der Waals surface area (Å²) in [7, 11) is 1.74. The predicted octanol–water partition coefficient (Wildman–Crippen LogP) is 2.62. The van der Waals surface area contributed by atoms with Crippen molar-refractivity contribution in [3.63, 3.8) is 0 Å². The average molecular weight is 360 g/mol.